The fraction of sp³-hybridized carbons (Fsp3) is 0.533. The maximum absolute atomic E-state index is 12.3. The van der Waals surface area contributed by atoms with E-state index in [-0.39, 0.29) is 35.4 Å². The molecule has 1 unspecified atom stereocenters. The summed E-state index contributed by atoms with van der Waals surface area (Å²) in [5.41, 5.74) is 1.79. The predicted molar refractivity (Wildman–Crippen MR) is 81.4 cm³/mol. The minimum atomic E-state index is 0. The molecule has 1 aliphatic heterocycles. The molecule has 1 amide bonds. The number of carbonyl (C=O) groups excluding carboxylic acids is 1. The van der Waals surface area contributed by atoms with Gasteiger partial charge >= 0.3 is 0 Å². The van der Waals surface area contributed by atoms with Crippen molar-refractivity contribution >= 4 is 24.0 Å². The first-order valence-electron chi connectivity index (χ1n) is 6.92. The minimum absolute atomic E-state index is 0. The first-order valence-corrected chi connectivity index (χ1v) is 6.92. The Bertz CT molecular complexity index is 513. The van der Waals surface area contributed by atoms with Crippen molar-refractivity contribution in [3.8, 4) is 5.75 Å². The van der Waals surface area contributed by atoms with Crippen molar-refractivity contribution in [2.45, 2.75) is 26.2 Å². The molecule has 1 aliphatic carbocycles. The van der Waals surface area contributed by atoms with E-state index in [0.29, 0.717) is 5.69 Å². The summed E-state index contributed by atoms with van der Waals surface area (Å²) in [5, 5.41) is 16.0. The summed E-state index contributed by atoms with van der Waals surface area (Å²) >= 11 is 0. The third-order valence-electron chi connectivity index (χ3n) is 4.52. The number of hydrogen-bond acceptors (Lipinski definition) is 3. The molecule has 1 saturated carbocycles. The Hall–Kier alpha value is -1.26. The lowest BCUT2D eigenvalue weighted by molar-refractivity contribution is -0.118. The van der Waals surface area contributed by atoms with Gasteiger partial charge in [0.1, 0.15) is 5.75 Å². The first-order chi connectivity index (χ1) is 9.11. The van der Waals surface area contributed by atoms with Crippen LogP contribution in [0.4, 0.5) is 5.69 Å². The molecule has 1 aromatic carbocycles. The maximum Gasteiger partial charge on any atom is 0.228 e. The number of piperidine rings is 1. The largest absolute Gasteiger partial charge is 0.506 e. The van der Waals surface area contributed by atoms with Crippen molar-refractivity contribution in [2.24, 2.45) is 11.3 Å². The molecule has 0 bridgehead atoms. The molecule has 5 heteroatoms. The average Bonchev–Trinajstić information content (AvgIpc) is 3.08. The van der Waals surface area contributed by atoms with E-state index >= 15 is 0 Å². The van der Waals surface area contributed by atoms with Crippen molar-refractivity contribution in [3.63, 3.8) is 0 Å². The smallest absolute Gasteiger partial charge is 0.228 e. The SMILES string of the molecule is Cc1ccc(O)c(NC(=O)C2CC23CCNCC3)c1.Cl. The second-order valence-corrected chi connectivity index (χ2v) is 5.88. The average molecular weight is 297 g/mol. The highest BCUT2D eigenvalue weighted by Crippen LogP contribution is 2.58. The molecule has 3 N–H and O–H groups in total. The summed E-state index contributed by atoms with van der Waals surface area (Å²) in [7, 11) is 0. The fourth-order valence-electron chi connectivity index (χ4n) is 3.17. The number of hydrogen-bond donors (Lipinski definition) is 3. The zero-order chi connectivity index (χ0) is 13.5. The van der Waals surface area contributed by atoms with Gasteiger partial charge in [0.05, 0.1) is 5.69 Å². The van der Waals surface area contributed by atoms with E-state index in [9.17, 15) is 9.90 Å². The summed E-state index contributed by atoms with van der Waals surface area (Å²) in [5.74, 6) is 0.316. The minimum Gasteiger partial charge on any atom is -0.506 e. The van der Waals surface area contributed by atoms with E-state index in [0.717, 1.165) is 37.9 Å². The molecular weight excluding hydrogens is 276 g/mol. The van der Waals surface area contributed by atoms with Crippen molar-refractivity contribution < 1.29 is 9.90 Å². The molecule has 20 heavy (non-hydrogen) atoms. The molecule has 2 aliphatic rings. The van der Waals surface area contributed by atoms with Crippen LogP contribution in [0, 0.1) is 18.3 Å². The third kappa shape index (κ3) is 2.76. The van der Waals surface area contributed by atoms with Gasteiger partial charge in [-0.15, -0.1) is 12.4 Å². The van der Waals surface area contributed by atoms with E-state index in [1.165, 1.54) is 0 Å². The molecule has 1 atom stereocenters. The van der Waals surface area contributed by atoms with Crippen LogP contribution >= 0.6 is 12.4 Å². The third-order valence-corrected chi connectivity index (χ3v) is 4.52. The highest BCUT2D eigenvalue weighted by Gasteiger charge is 2.57. The number of rotatable bonds is 2. The van der Waals surface area contributed by atoms with Crippen molar-refractivity contribution in [3.05, 3.63) is 23.8 Å². The van der Waals surface area contributed by atoms with E-state index in [4.69, 9.17) is 0 Å². The van der Waals surface area contributed by atoms with Crippen molar-refractivity contribution in [2.75, 3.05) is 18.4 Å². The van der Waals surface area contributed by atoms with Crippen LogP contribution in [-0.2, 0) is 4.79 Å². The summed E-state index contributed by atoms with van der Waals surface area (Å²) in [6, 6.07) is 5.26. The summed E-state index contributed by atoms with van der Waals surface area (Å²) in [6.07, 6.45) is 3.17. The molecule has 1 saturated heterocycles. The molecule has 4 nitrogen and oxygen atoms in total. The van der Waals surface area contributed by atoms with Crippen LogP contribution in [0.2, 0.25) is 0 Å². The lowest BCUT2D eigenvalue weighted by Crippen LogP contribution is -2.31. The number of aryl methyl sites for hydroxylation is 1. The molecular formula is C15H21ClN2O2. The van der Waals surface area contributed by atoms with Crippen LogP contribution in [0.1, 0.15) is 24.8 Å². The Morgan fingerprint density at radius 3 is 2.80 bits per heavy atom. The second kappa shape index (κ2) is 5.62. The van der Waals surface area contributed by atoms with Crippen LogP contribution in [0.3, 0.4) is 0 Å². The van der Waals surface area contributed by atoms with Gasteiger partial charge in [0, 0.05) is 5.92 Å². The van der Waals surface area contributed by atoms with Crippen molar-refractivity contribution in [1.29, 1.82) is 0 Å². The molecule has 1 aromatic rings. The lowest BCUT2D eigenvalue weighted by Gasteiger charge is -2.23. The van der Waals surface area contributed by atoms with Gasteiger partial charge in [-0.25, -0.2) is 0 Å². The number of anilines is 1. The van der Waals surface area contributed by atoms with E-state index < -0.39 is 0 Å². The van der Waals surface area contributed by atoms with Gasteiger partial charge in [0.15, 0.2) is 0 Å². The maximum atomic E-state index is 12.3. The Morgan fingerprint density at radius 1 is 1.40 bits per heavy atom. The molecule has 3 rings (SSSR count). The number of phenolic OH excluding ortho intramolecular Hbond substituents is 1. The molecule has 110 valence electrons. The summed E-state index contributed by atoms with van der Waals surface area (Å²) < 4.78 is 0. The summed E-state index contributed by atoms with van der Waals surface area (Å²) in [4.78, 5) is 12.3. The highest BCUT2D eigenvalue weighted by molar-refractivity contribution is 5.96. The van der Waals surface area contributed by atoms with Gasteiger partial charge in [-0.2, -0.15) is 0 Å². The normalized spacial score (nSPS) is 22.9. The molecule has 0 aromatic heterocycles. The van der Waals surface area contributed by atoms with E-state index in [1.54, 1.807) is 6.07 Å². The molecule has 1 spiro atoms. The number of aromatic hydroxyl groups is 1. The van der Waals surface area contributed by atoms with E-state index in [2.05, 4.69) is 10.6 Å². The quantitative estimate of drug-likeness (QED) is 0.735. The van der Waals surface area contributed by atoms with Gasteiger partial charge in [0.25, 0.3) is 0 Å². The van der Waals surface area contributed by atoms with Gasteiger partial charge < -0.3 is 15.7 Å². The Labute approximate surface area is 125 Å². The standard InChI is InChI=1S/C15H20N2O2.ClH/c1-10-2-3-13(18)12(8-10)17-14(19)11-9-15(11)4-6-16-7-5-15;/h2-3,8,11,16,18H,4-7,9H2,1H3,(H,17,19);1H. The molecule has 1 heterocycles. The number of carbonyl (C=O) groups is 1. The molecule has 2 fully saturated rings. The topological polar surface area (TPSA) is 61.4 Å². The van der Waals surface area contributed by atoms with Gasteiger partial charge in [0.2, 0.25) is 5.91 Å². The zero-order valence-corrected chi connectivity index (χ0v) is 12.4. The molecule has 0 radical (unpaired) electrons. The monoisotopic (exact) mass is 296 g/mol. The number of amides is 1. The zero-order valence-electron chi connectivity index (χ0n) is 11.6. The highest BCUT2D eigenvalue weighted by atomic mass is 35.5. The van der Waals surface area contributed by atoms with Crippen molar-refractivity contribution in [1.82, 2.24) is 5.32 Å². The number of halogens is 1. The Morgan fingerprint density at radius 2 is 2.10 bits per heavy atom. The van der Waals surface area contributed by atoms with Crippen LogP contribution in [0.5, 0.6) is 5.75 Å². The number of phenols is 1. The Kier molecular flexibility index (Phi) is 4.25. The Balaban J connectivity index is 0.00000147. The summed E-state index contributed by atoms with van der Waals surface area (Å²) in [6.45, 7) is 3.97. The number of benzene rings is 1. The van der Waals surface area contributed by atoms with Gasteiger partial charge in [-0.05, 0) is 62.4 Å². The van der Waals surface area contributed by atoms with Crippen LogP contribution in [0.15, 0.2) is 18.2 Å². The first kappa shape index (κ1) is 15.1. The van der Waals surface area contributed by atoms with Crippen LogP contribution in [0.25, 0.3) is 0 Å². The second-order valence-electron chi connectivity index (χ2n) is 5.88. The number of nitrogens with one attached hydrogen (secondary N) is 2. The van der Waals surface area contributed by atoms with Gasteiger partial charge in [-0.3, -0.25) is 4.79 Å². The fourth-order valence-corrected chi connectivity index (χ4v) is 3.17. The van der Waals surface area contributed by atoms with E-state index in [1.807, 2.05) is 19.1 Å². The van der Waals surface area contributed by atoms with Crippen LogP contribution in [-0.4, -0.2) is 24.1 Å². The van der Waals surface area contributed by atoms with Gasteiger partial charge in [-0.1, -0.05) is 6.07 Å². The lowest BCUT2D eigenvalue weighted by atomic mass is 9.92. The van der Waals surface area contributed by atoms with Crippen LogP contribution < -0.4 is 10.6 Å². The predicted octanol–water partition coefficient (Wildman–Crippen LogP) is 2.45.